The lowest BCUT2D eigenvalue weighted by molar-refractivity contribution is -0.120. The molecule has 2 atom stereocenters. The molecule has 1 heterocycles. The molecule has 118 valence electrons. The molecule has 1 saturated heterocycles. The third-order valence-corrected chi connectivity index (χ3v) is 4.26. The number of aliphatic hydroxyl groups excluding tert-OH is 1. The van der Waals surface area contributed by atoms with E-state index in [-0.39, 0.29) is 24.4 Å². The summed E-state index contributed by atoms with van der Waals surface area (Å²) in [7, 11) is 0. The van der Waals surface area contributed by atoms with Crippen LogP contribution in [-0.4, -0.2) is 42.1 Å². The van der Waals surface area contributed by atoms with Crippen molar-refractivity contribution in [2.45, 2.75) is 18.6 Å². The molecule has 0 bridgehead atoms. The Hall–Kier alpha value is -1.68. The zero-order valence-electron chi connectivity index (χ0n) is 11.7. The number of β-amino-alcohol motifs (C(OH)–C–C–N with tert-alkyl or cyclic N) is 1. The number of piperidine rings is 1. The molecule has 0 aromatic heterocycles. The van der Waals surface area contributed by atoms with Crippen LogP contribution in [-0.2, 0) is 4.79 Å². The second-order valence-electron chi connectivity index (χ2n) is 5.12. The van der Waals surface area contributed by atoms with E-state index in [2.05, 4.69) is 5.32 Å². The molecule has 6 nitrogen and oxygen atoms in total. The van der Waals surface area contributed by atoms with E-state index < -0.39 is 6.10 Å². The van der Waals surface area contributed by atoms with E-state index in [0.29, 0.717) is 34.9 Å². The highest BCUT2D eigenvalue weighted by atomic mass is 35.5. The normalized spacial score (nSPS) is 21.3. The number of aliphatic hydroxyl groups is 1. The highest BCUT2D eigenvalue weighted by Crippen LogP contribution is 2.34. The Morgan fingerprint density at radius 1 is 1.59 bits per heavy atom. The van der Waals surface area contributed by atoms with Gasteiger partial charge in [0.1, 0.15) is 5.88 Å². The van der Waals surface area contributed by atoms with Crippen molar-refractivity contribution in [3.63, 3.8) is 0 Å². The Kier molecular flexibility index (Phi) is 5.35. The number of nitrogens with two attached hydrogens (primary N) is 1. The van der Waals surface area contributed by atoms with Crippen LogP contribution in [0.5, 0.6) is 0 Å². The number of carbonyl (C=O) groups is 1. The molecule has 22 heavy (non-hydrogen) atoms. The van der Waals surface area contributed by atoms with Crippen LogP contribution in [0.15, 0.2) is 12.1 Å². The summed E-state index contributed by atoms with van der Waals surface area (Å²) in [5.74, 6) is -0.451. The van der Waals surface area contributed by atoms with Gasteiger partial charge in [-0.3, -0.25) is 4.79 Å². The first-order valence-electron chi connectivity index (χ1n) is 6.73. The molecule has 0 unspecified atom stereocenters. The van der Waals surface area contributed by atoms with E-state index in [9.17, 15) is 9.90 Å². The Balaban J connectivity index is 2.15. The number of carbonyl (C=O) groups excluding carboxylic acids is 1. The van der Waals surface area contributed by atoms with Gasteiger partial charge in [0.2, 0.25) is 5.91 Å². The Morgan fingerprint density at radius 2 is 2.32 bits per heavy atom. The lowest BCUT2D eigenvalue weighted by Crippen LogP contribution is -2.54. The minimum absolute atomic E-state index is 0.139. The van der Waals surface area contributed by atoms with Crippen LogP contribution in [0, 0.1) is 11.3 Å². The predicted molar refractivity (Wildman–Crippen MR) is 86.1 cm³/mol. The topological polar surface area (TPSA) is 102 Å². The van der Waals surface area contributed by atoms with Crippen LogP contribution in [0.25, 0.3) is 0 Å². The number of anilines is 2. The molecule has 1 aliphatic rings. The van der Waals surface area contributed by atoms with Crippen molar-refractivity contribution in [3.8, 4) is 6.07 Å². The number of rotatable bonds is 3. The molecule has 0 aliphatic carbocycles. The highest BCUT2D eigenvalue weighted by Gasteiger charge is 2.30. The standard InChI is InChI=1S/C14H16Cl2N4O2/c15-5-13(22)19-10-1-2-20(7-12(10)21)11-4-8(6-17)3-9(18)14(11)16/h3-4,10,12,21H,1-2,5,7,18H2,(H,19,22)/t10-,12-/m1/s1. The molecule has 2 rings (SSSR count). The summed E-state index contributed by atoms with van der Waals surface area (Å²) in [4.78, 5) is 13.2. The molecule has 1 fully saturated rings. The third kappa shape index (κ3) is 3.55. The van der Waals surface area contributed by atoms with E-state index in [1.165, 1.54) is 6.07 Å². The summed E-state index contributed by atoms with van der Waals surface area (Å²) in [5, 5.41) is 22.2. The van der Waals surface area contributed by atoms with Gasteiger partial charge < -0.3 is 21.1 Å². The number of halogens is 2. The van der Waals surface area contributed by atoms with Gasteiger partial charge in [-0.1, -0.05) is 11.6 Å². The first-order valence-corrected chi connectivity index (χ1v) is 7.65. The van der Waals surface area contributed by atoms with Crippen LogP contribution in [0.2, 0.25) is 5.02 Å². The fraction of sp³-hybridized carbons (Fsp3) is 0.429. The fourth-order valence-electron chi connectivity index (χ4n) is 2.49. The van der Waals surface area contributed by atoms with Crippen LogP contribution >= 0.6 is 23.2 Å². The van der Waals surface area contributed by atoms with Crippen molar-refractivity contribution in [2.75, 3.05) is 29.6 Å². The van der Waals surface area contributed by atoms with Crippen molar-refractivity contribution in [1.82, 2.24) is 5.32 Å². The molecule has 1 aromatic rings. The first kappa shape index (κ1) is 16.7. The summed E-state index contributed by atoms with van der Waals surface area (Å²) in [6.07, 6.45) is -0.222. The van der Waals surface area contributed by atoms with E-state index in [1.54, 1.807) is 6.07 Å². The molecule has 1 aliphatic heterocycles. The lowest BCUT2D eigenvalue weighted by atomic mass is 10.0. The maximum Gasteiger partial charge on any atom is 0.235 e. The van der Waals surface area contributed by atoms with E-state index in [0.717, 1.165) is 0 Å². The quantitative estimate of drug-likeness (QED) is 0.563. The second-order valence-corrected chi connectivity index (χ2v) is 5.77. The Bertz CT molecular complexity index is 618. The van der Waals surface area contributed by atoms with Crippen LogP contribution < -0.4 is 16.0 Å². The van der Waals surface area contributed by atoms with Crippen LogP contribution in [0.4, 0.5) is 11.4 Å². The highest BCUT2D eigenvalue weighted by molar-refractivity contribution is 6.35. The van der Waals surface area contributed by atoms with E-state index in [1.807, 2.05) is 11.0 Å². The van der Waals surface area contributed by atoms with E-state index >= 15 is 0 Å². The second kappa shape index (κ2) is 7.05. The van der Waals surface area contributed by atoms with Crippen molar-refractivity contribution in [2.24, 2.45) is 0 Å². The SMILES string of the molecule is N#Cc1cc(N)c(Cl)c(N2CC[C@@H](NC(=O)CCl)[C@H](O)C2)c1. The van der Waals surface area contributed by atoms with Gasteiger partial charge in [-0.15, -0.1) is 11.6 Å². The maximum absolute atomic E-state index is 11.3. The van der Waals surface area contributed by atoms with Gasteiger partial charge in [0.25, 0.3) is 0 Å². The molecule has 0 spiro atoms. The Labute approximate surface area is 138 Å². The van der Waals surface area contributed by atoms with Crippen LogP contribution in [0.3, 0.4) is 0 Å². The zero-order valence-corrected chi connectivity index (χ0v) is 13.2. The van der Waals surface area contributed by atoms with Gasteiger partial charge in [0.05, 0.1) is 40.2 Å². The number of benzene rings is 1. The minimum Gasteiger partial charge on any atom is -0.397 e. The molecule has 4 N–H and O–H groups in total. The average molecular weight is 343 g/mol. The number of nitrogen functional groups attached to an aromatic ring is 1. The van der Waals surface area contributed by atoms with Gasteiger partial charge in [-0.2, -0.15) is 5.26 Å². The molecule has 1 aromatic carbocycles. The van der Waals surface area contributed by atoms with Crippen LogP contribution in [0.1, 0.15) is 12.0 Å². The van der Waals surface area contributed by atoms with Gasteiger partial charge in [-0.25, -0.2) is 0 Å². The molecular formula is C14H16Cl2N4O2. The number of nitrogens with zero attached hydrogens (tertiary/aromatic N) is 2. The summed E-state index contributed by atoms with van der Waals surface area (Å²) in [5.41, 5.74) is 7.14. The summed E-state index contributed by atoms with van der Waals surface area (Å²) < 4.78 is 0. The van der Waals surface area contributed by atoms with Crippen molar-refractivity contribution < 1.29 is 9.90 Å². The Morgan fingerprint density at radius 3 is 2.91 bits per heavy atom. The maximum atomic E-state index is 11.3. The van der Waals surface area contributed by atoms with Crippen molar-refractivity contribution in [1.29, 1.82) is 5.26 Å². The molecular weight excluding hydrogens is 327 g/mol. The number of hydrogen-bond acceptors (Lipinski definition) is 5. The largest absolute Gasteiger partial charge is 0.397 e. The smallest absolute Gasteiger partial charge is 0.235 e. The average Bonchev–Trinajstić information content (AvgIpc) is 2.51. The zero-order chi connectivity index (χ0) is 16.3. The van der Waals surface area contributed by atoms with Gasteiger partial charge in [0, 0.05) is 13.1 Å². The number of amides is 1. The third-order valence-electron chi connectivity index (χ3n) is 3.60. The van der Waals surface area contributed by atoms with Gasteiger partial charge in [-0.05, 0) is 18.6 Å². The minimum atomic E-state index is -0.760. The van der Waals surface area contributed by atoms with Gasteiger partial charge >= 0.3 is 0 Å². The molecule has 1 amide bonds. The number of hydrogen-bond donors (Lipinski definition) is 3. The van der Waals surface area contributed by atoms with Gasteiger partial charge in [0.15, 0.2) is 0 Å². The molecule has 0 saturated carbocycles. The monoisotopic (exact) mass is 342 g/mol. The lowest BCUT2D eigenvalue weighted by Gasteiger charge is -2.38. The van der Waals surface area contributed by atoms with Crippen molar-refractivity contribution in [3.05, 3.63) is 22.7 Å². The molecule has 8 heteroatoms. The summed E-state index contributed by atoms with van der Waals surface area (Å²) in [6, 6.07) is 4.83. The fourth-order valence-corrected chi connectivity index (χ4v) is 2.80. The summed E-state index contributed by atoms with van der Waals surface area (Å²) >= 11 is 11.7. The van der Waals surface area contributed by atoms with E-state index in [4.69, 9.17) is 34.2 Å². The molecule has 0 radical (unpaired) electrons. The summed E-state index contributed by atoms with van der Waals surface area (Å²) in [6.45, 7) is 0.847. The number of nitrogens with one attached hydrogen (secondary N) is 1. The number of alkyl halides is 1. The number of nitriles is 1. The first-order chi connectivity index (χ1) is 10.5. The van der Waals surface area contributed by atoms with Crippen molar-refractivity contribution >= 4 is 40.5 Å². The predicted octanol–water partition coefficient (Wildman–Crippen LogP) is 1.09.